The second-order valence-electron chi connectivity index (χ2n) is 11.0. The molecular weight excluding hydrogens is 428 g/mol. The molecule has 5 aliphatic rings. The summed E-state index contributed by atoms with van der Waals surface area (Å²) in [5.41, 5.74) is 1.78. The van der Waals surface area contributed by atoms with Crippen molar-refractivity contribution in [1.82, 2.24) is 15.3 Å². The first-order valence-corrected chi connectivity index (χ1v) is 12.7. The second-order valence-corrected chi connectivity index (χ2v) is 11.0. The number of ether oxygens (including phenoxy) is 1. The third-order valence-corrected chi connectivity index (χ3v) is 8.81. The molecule has 3 atom stereocenters. The molecule has 1 amide bonds. The Hall–Kier alpha value is -2.67. The molecule has 3 heterocycles. The van der Waals surface area contributed by atoms with Gasteiger partial charge in [-0.25, -0.2) is 9.97 Å². The lowest BCUT2D eigenvalue weighted by molar-refractivity contribution is -0.163. The lowest BCUT2D eigenvalue weighted by Crippen LogP contribution is -2.60. The van der Waals surface area contributed by atoms with E-state index in [2.05, 4.69) is 27.3 Å². The van der Waals surface area contributed by atoms with E-state index in [4.69, 9.17) is 9.72 Å². The van der Waals surface area contributed by atoms with Crippen LogP contribution in [0.15, 0.2) is 36.7 Å². The van der Waals surface area contributed by atoms with Crippen molar-refractivity contribution < 1.29 is 14.6 Å². The number of aliphatic hydroxyl groups is 1. The van der Waals surface area contributed by atoms with Crippen LogP contribution in [0.5, 0.6) is 5.88 Å². The monoisotopic (exact) mass is 462 g/mol. The molecule has 0 aromatic carbocycles. The first-order chi connectivity index (χ1) is 16.5. The molecule has 180 valence electrons. The van der Waals surface area contributed by atoms with E-state index < -0.39 is 0 Å². The Bertz CT molecular complexity index is 1020. The number of piperidine rings is 1. The predicted octanol–water partition coefficient (Wildman–Crippen LogP) is 3.42. The van der Waals surface area contributed by atoms with Crippen LogP contribution in [0, 0.1) is 23.2 Å². The number of nitrogens with one attached hydrogen (secondary N) is 1. The fraction of sp³-hybridized carbons (Fsp3) is 0.593. The number of pyridine rings is 2. The summed E-state index contributed by atoms with van der Waals surface area (Å²) in [5.74, 6) is 3.05. The van der Waals surface area contributed by atoms with Gasteiger partial charge in [-0.05, 0) is 80.9 Å². The van der Waals surface area contributed by atoms with Crippen LogP contribution in [-0.4, -0.2) is 53.3 Å². The van der Waals surface area contributed by atoms with E-state index in [0.29, 0.717) is 23.6 Å². The molecule has 7 heteroatoms. The van der Waals surface area contributed by atoms with E-state index in [1.165, 1.54) is 0 Å². The van der Waals surface area contributed by atoms with Crippen LogP contribution in [0.3, 0.4) is 0 Å². The number of carbonyl (C=O) groups is 1. The summed E-state index contributed by atoms with van der Waals surface area (Å²) in [7, 11) is 1.61. The molecule has 0 spiro atoms. The predicted molar refractivity (Wildman–Crippen MR) is 129 cm³/mol. The number of methoxy groups -OCH3 is 1. The third kappa shape index (κ3) is 3.84. The molecule has 2 aromatic heterocycles. The number of nitrogens with zero attached hydrogens (tertiary/aromatic N) is 3. The van der Waals surface area contributed by atoms with Gasteiger partial charge in [0.15, 0.2) is 0 Å². The minimum atomic E-state index is -0.246. The quantitative estimate of drug-likeness (QED) is 0.708. The number of carbonyl (C=O) groups excluding carboxylic acids is 1. The van der Waals surface area contributed by atoms with Gasteiger partial charge in [0.25, 0.3) is 0 Å². The molecule has 7 rings (SSSR count). The lowest BCUT2D eigenvalue weighted by Gasteiger charge is -2.58. The summed E-state index contributed by atoms with van der Waals surface area (Å²) in [5, 5.41) is 14.0. The van der Waals surface area contributed by atoms with E-state index >= 15 is 0 Å². The maximum absolute atomic E-state index is 13.5. The molecule has 34 heavy (non-hydrogen) atoms. The van der Waals surface area contributed by atoms with Crippen molar-refractivity contribution in [2.24, 2.45) is 23.2 Å². The minimum Gasteiger partial charge on any atom is -0.481 e. The number of anilines is 1. The van der Waals surface area contributed by atoms with Gasteiger partial charge in [-0.2, -0.15) is 0 Å². The highest BCUT2D eigenvalue weighted by atomic mass is 16.5. The molecule has 7 nitrogen and oxygen atoms in total. The molecule has 0 radical (unpaired) electrons. The lowest BCUT2D eigenvalue weighted by atomic mass is 9.48. The fourth-order valence-electron chi connectivity index (χ4n) is 7.33. The maximum Gasteiger partial charge on any atom is 0.226 e. The molecule has 2 N–H and O–H groups in total. The SMILES string of the molecule is COc1ccc(-c2ccc(N3CCC[C@H](NC(=O)C45CC6CC(C4)C(O)C(C6)C5)C3)nc2)cn1. The zero-order valence-electron chi connectivity index (χ0n) is 19.8. The Morgan fingerprint density at radius 3 is 2.47 bits per heavy atom. The van der Waals surface area contributed by atoms with Crippen LogP contribution in [0.1, 0.15) is 44.9 Å². The van der Waals surface area contributed by atoms with Gasteiger partial charge in [-0.1, -0.05) is 0 Å². The summed E-state index contributed by atoms with van der Waals surface area (Å²) in [4.78, 5) is 24.8. The Morgan fingerprint density at radius 1 is 1.09 bits per heavy atom. The van der Waals surface area contributed by atoms with Gasteiger partial charge in [0.2, 0.25) is 11.8 Å². The first-order valence-electron chi connectivity index (χ1n) is 12.7. The van der Waals surface area contributed by atoms with E-state index in [-0.39, 0.29) is 23.5 Å². The van der Waals surface area contributed by atoms with Crippen molar-refractivity contribution in [1.29, 1.82) is 0 Å². The van der Waals surface area contributed by atoms with Crippen LogP contribution in [0.25, 0.3) is 11.1 Å². The Morgan fingerprint density at radius 2 is 1.82 bits per heavy atom. The van der Waals surface area contributed by atoms with Crippen molar-refractivity contribution in [3.8, 4) is 17.0 Å². The van der Waals surface area contributed by atoms with Crippen LogP contribution in [-0.2, 0) is 4.79 Å². The highest BCUT2D eigenvalue weighted by Crippen LogP contribution is 2.60. The number of hydrogen-bond donors (Lipinski definition) is 2. The van der Waals surface area contributed by atoms with Gasteiger partial charge in [0.05, 0.1) is 18.6 Å². The molecule has 4 aliphatic carbocycles. The summed E-state index contributed by atoms with van der Waals surface area (Å²) in [6, 6.07) is 8.12. The summed E-state index contributed by atoms with van der Waals surface area (Å²) < 4.78 is 5.14. The standard InChI is InChI=1S/C27H34N4O3/c1-34-24-7-5-19(15-29-24)18-4-6-23(28-14-18)31-8-2-3-22(16-31)30-26(33)27-11-17-9-20(12-27)25(32)21(10-17)13-27/h4-7,14-15,17,20-22,25,32H,2-3,8-13,16H2,1H3,(H,30,33)/t17?,20?,21?,22-,25?,27?/m0/s1. The zero-order chi connectivity index (χ0) is 23.3. The molecule has 1 saturated heterocycles. The highest BCUT2D eigenvalue weighted by Gasteiger charge is 2.58. The third-order valence-electron chi connectivity index (χ3n) is 8.81. The molecule has 4 saturated carbocycles. The van der Waals surface area contributed by atoms with E-state index in [1.807, 2.05) is 18.3 Å². The van der Waals surface area contributed by atoms with E-state index in [0.717, 1.165) is 75.0 Å². The smallest absolute Gasteiger partial charge is 0.226 e. The number of rotatable bonds is 5. The van der Waals surface area contributed by atoms with Crippen LogP contribution in [0.4, 0.5) is 5.82 Å². The molecule has 2 unspecified atom stereocenters. The fourth-order valence-corrected chi connectivity index (χ4v) is 7.33. The van der Waals surface area contributed by atoms with Gasteiger partial charge < -0.3 is 20.1 Å². The second kappa shape index (κ2) is 8.52. The molecule has 5 fully saturated rings. The van der Waals surface area contributed by atoms with E-state index in [9.17, 15) is 9.90 Å². The number of hydrogen-bond acceptors (Lipinski definition) is 6. The number of aliphatic hydroxyl groups excluding tert-OH is 1. The summed E-state index contributed by atoms with van der Waals surface area (Å²) in [6.07, 6.45) is 10.5. The maximum atomic E-state index is 13.5. The Labute approximate surface area is 200 Å². The summed E-state index contributed by atoms with van der Waals surface area (Å²) in [6.45, 7) is 1.74. The Kier molecular flexibility index (Phi) is 5.47. The molecule has 2 aromatic rings. The van der Waals surface area contributed by atoms with Gasteiger partial charge >= 0.3 is 0 Å². The zero-order valence-corrected chi connectivity index (χ0v) is 19.8. The van der Waals surface area contributed by atoms with Crippen LogP contribution < -0.4 is 15.0 Å². The molecule has 1 aliphatic heterocycles. The van der Waals surface area contributed by atoms with Crippen molar-refractivity contribution in [2.75, 3.05) is 25.1 Å². The normalized spacial score (nSPS) is 34.2. The minimum absolute atomic E-state index is 0.145. The molecular formula is C27H34N4O3. The van der Waals surface area contributed by atoms with Crippen molar-refractivity contribution in [3.05, 3.63) is 36.7 Å². The van der Waals surface area contributed by atoms with Crippen molar-refractivity contribution in [3.63, 3.8) is 0 Å². The van der Waals surface area contributed by atoms with Crippen molar-refractivity contribution >= 4 is 11.7 Å². The average molecular weight is 463 g/mol. The van der Waals surface area contributed by atoms with E-state index in [1.54, 1.807) is 13.3 Å². The largest absolute Gasteiger partial charge is 0.481 e. The summed E-state index contributed by atoms with van der Waals surface area (Å²) >= 11 is 0. The van der Waals surface area contributed by atoms with Gasteiger partial charge in [0.1, 0.15) is 5.82 Å². The van der Waals surface area contributed by atoms with Crippen LogP contribution in [0.2, 0.25) is 0 Å². The number of aromatic nitrogens is 2. The molecule has 4 bridgehead atoms. The van der Waals surface area contributed by atoms with Crippen LogP contribution >= 0.6 is 0 Å². The highest BCUT2D eigenvalue weighted by molar-refractivity contribution is 5.83. The number of amides is 1. The Balaban J connectivity index is 1.11. The average Bonchev–Trinajstić information content (AvgIpc) is 2.87. The van der Waals surface area contributed by atoms with Gasteiger partial charge in [-0.3, -0.25) is 4.79 Å². The van der Waals surface area contributed by atoms with Crippen molar-refractivity contribution in [2.45, 2.75) is 57.1 Å². The topological polar surface area (TPSA) is 87.6 Å². The van der Waals surface area contributed by atoms with Gasteiger partial charge in [0, 0.05) is 48.7 Å². The first kappa shape index (κ1) is 21.8. The van der Waals surface area contributed by atoms with Gasteiger partial charge in [-0.15, -0.1) is 0 Å².